The molecule has 0 saturated heterocycles. The zero-order valence-electron chi connectivity index (χ0n) is 14.4. The Hall–Kier alpha value is -3.15. The minimum absolute atomic E-state index is 0.0925. The summed E-state index contributed by atoms with van der Waals surface area (Å²) in [6.07, 6.45) is 3.34. The summed E-state index contributed by atoms with van der Waals surface area (Å²) in [5.74, 6) is 0.905. The molecule has 6 nitrogen and oxygen atoms in total. The number of fused-ring (bicyclic) bond motifs is 1. The summed E-state index contributed by atoms with van der Waals surface area (Å²) in [7, 11) is 0. The zero-order chi connectivity index (χ0) is 17.9. The molecule has 2 heterocycles. The molecule has 2 aromatic heterocycles. The highest BCUT2D eigenvalue weighted by Gasteiger charge is 2.24. The van der Waals surface area contributed by atoms with Crippen LogP contribution in [0.15, 0.2) is 53.2 Å². The number of pyridine rings is 1. The summed E-state index contributed by atoms with van der Waals surface area (Å²) in [5, 5.41) is 6.87. The largest absolute Gasteiger partial charge is 0.484 e. The van der Waals surface area contributed by atoms with Crippen molar-refractivity contribution in [3.05, 3.63) is 76.9 Å². The molecule has 3 aromatic rings. The van der Waals surface area contributed by atoms with E-state index < -0.39 is 0 Å². The third-order valence-corrected chi connectivity index (χ3v) is 4.44. The van der Waals surface area contributed by atoms with E-state index in [9.17, 15) is 4.79 Å². The van der Waals surface area contributed by atoms with Gasteiger partial charge in [0.15, 0.2) is 11.5 Å². The maximum absolute atomic E-state index is 12.4. The van der Waals surface area contributed by atoms with Crippen LogP contribution in [-0.4, -0.2) is 22.1 Å². The molecular formula is C20H19N3O3. The minimum Gasteiger partial charge on any atom is -0.484 e. The van der Waals surface area contributed by atoms with E-state index >= 15 is 0 Å². The summed E-state index contributed by atoms with van der Waals surface area (Å²) < 4.78 is 10.8. The van der Waals surface area contributed by atoms with Gasteiger partial charge >= 0.3 is 0 Å². The van der Waals surface area contributed by atoms with Gasteiger partial charge in [-0.1, -0.05) is 29.4 Å². The molecule has 1 amide bonds. The van der Waals surface area contributed by atoms with Crippen molar-refractivity contribution in [2.75, 3.05) is 0 Å². The van der Waals surface area contributed by atoms with Crippen molar-refractivity contribution in [2.24, 2.45) is 0 Å². The Morgan fingerprint density at radius 1 is 1.23 bits per heavy atom. The van der Waals surface area contributed by atoms with Crippen LogP contribution in [-0.2, 0) is 19.4 Å². The second-order valence-corrected chi connectivity index (χ2v) is 6.45. The van der Waals surface area contributed by atoms with Crippen molar-refractivity contribution in [1.82, 2.24) is 15.5 Å². The Labute approximate surface area is 151 Å². The van der Waals surface area contributed by atoms with E-state index in [0.29, 0.717) is 11.5 Å². The summed E-state index contributed by atoms with van der Waals surface area (Å²) in [6, 6.07) is 13.7. The van der Waals surface area contributed by atoms with Crippen LogP contribution in [0, 0.1) is 6.92 Å². The predicted molar refractivity (Wildman–Crippen MR) is 94.9 cm³/mol. The van der Waals surface area contributed by atoms with Gasteiger partial charge in [-0.3, -0.25) is 9.78 Å². The highest BCUT2D eigenvalue weighted by atomic mass is 16.5. The molecule has 0 fully saturated rings. The number of benzene rings is 1. The molecule has 0 atom stereocenters. The average molecular weight is 349 g/mol. The van der Waals surface area contributed by atoms with Gasteiger partial charge in [-0.05, 0) is 43.0 Å². The third kappa shape index (κ3) is 3.59. The van der Waals surface area contributed by atoms with Crippen LogP contribution < -0.4 is 10.1 Å². The number of carbonyl (C=O) groups excluding carboxylic acids is 1. The smallest absolute Gasteiger partial charge is 0.273 e. The third-order valence-electron chi connectivity index (χ3n) is 4.44. The van der Waals surface area contributed by atoms with Gasteiger partial charge in [0.25, 0.3) is 5.91 Å². The number of amides is 1. The number of rotatable bonds is 5. The van der Waals surface area contributed by atoms with Gasteiger partial charge in [-0.2, -0.15) is 0 Å². The molecular weight excluding hydrogens is 330 g/mol. The number of hydrogen-bond acceptors (Lipinski definition) is 5. The molecule has 6 heteroatoms. The molecule has 0 saturated carbocycles. The maximum Gasteiger partial charge on any atom is 0.273 e. The van der Waals surface area contributed by atoms with Crippen molar-refractivity contribution >= 4 is 5.91 Å². The minimum atomic E-state index is -0.227. The Balaban J connectivity index is 1.33. The fraction of sp³-hybridized carbons (Fsp3) is 0.250. The van der Waals surface area contributed by atoms with Crippen LogP contribution in [0.4, 0.5) is 0 Å². The summed E-state index contributed by atoms with van der Waals surface area (Å²) in [5.41, 5.74) is 3.77. The monoisotopic (exact) mass is 349 g/mol. The van der Waals surface area contributed by atoms with Crippen LogP contribution in [0.5, 0.6) is 5.75 Å². The number of nitrogens with zero attached hydrogens (tertiary/aromatic N) is 2. The lowest BCUT2D eigenvalue weighted by molar-refractivity contribution is 0.0929. The number of nitrogens with one attached hydrogen (secondary N) is 1. The molecule has 0 unspecified atom stereocenters. The average Bonchev–Trinajstić information content (AvgIpc) is 3.27. The van der Waals surface area contributed by atoms with Crippen LogP contribution in [0.2, 0.25) is 0 Å². The molecule has 132 valence electrons. The Morgan fingerprint density at radius 3 is 2.69 bits per heavy atom. The number of aryl methyl sites for hydroxylation is 1. The maximum atomic E-state index is 12.4. The standard InChI is InChI=1S/C20H19N3O3/c1-13-6-7-17(11-21-13)25-12-18-10-19(23-26-18)20(24)22-16-8-14-4-2-3-5-15(14)9-16/h2-7,10-11,16H,8-9,12H2,1H3,(H,22,24). The molecule has 0 radical (unpaired) electrons. The van der Waals surface area contributed by atoms with Gasteiger partial charge in [0.1, 0.15) is 12.4 Å². The SMILES string of the molecule is Cc1ccc(OCc2cc(C(=O)NC3Cc4ccccc4C3)no2)cn1. The van der Waals surface area contributed by atoms with Gasteiger partial charge in [-0.15, -0.1) is 0 Å². The van der Waals surface area contributed by atoms with Crippen molar-refractivity contribution in [3.63, 3.8) is 0 Å². The van der Waals surface area contributed by atoms with Crippen molar-refractivity contribution in [2.45, 2.75) is 32.4 Å². The van der Waals surface area contributed by atoms with E-state index in [1.54, 1.807) is 12.3 Å². The lowest BCUT2D eigenvalue weighted by atomic mass is 10.1. The molecule has 0 bridgehead atoms. The molecule has 0 spiro atoms. The second kappa shape index (κ2) is 7.00. The molecule has 1 aliphatic carbocycles. The topological polar surface area (TPSA) is 77.2 Å². The van der Waals surface area contributed by atoms with Crippen molar-refractivity contribution in [1.29, 1.82) is 0 Å². The van der Waals surface area contributed by atoms with E-state index in [1.165, 1.54) is 11.1 Å². The van der Waals surface area contributed by atoms with Gasteiger partial charge in [0.2, 0.25) is 0 Å². The van der Waals surface area contributed by atoms with Crippen molar-refractivity contribution in [3.8, 4) is 5.75 Å². The van der Waals surface area contributed by atoms with Crippen LogP contribution in [0.25, 0.3) is 0 Å². The molecule has 0 aliphatic heterocycles. The molecule has 1 N–H and O–H groups in total. The Kier molecular flexibility index (Phi) is 4.39. The number of hydrogen-bond donors (Lipinski definition) is 1. The molecule has 1 aromatic carbocycles. The molecule has 4 rings (SSSR count). The Morgan fingerprint density at radius 2 is 2.00 bits per heavy atom. The highest BCUT2D eigenvalue weighted by Crippen LogP contribution is 2.22. The lowest BCUT2D eigenvalue weighted by Gasteiger charge is -2.09. The normalized spacial score (nSPS) is 13.4. The van der Waals surface area contributed by atoms with E-state index in [1.807, 2.05) is 31.2 Å². The summed E-state index contributed by atoms with van der Waals surface area (Å²) >= 11 is 0. The second-order valence-electron chi connectivity index (χ2n) is 6.45. The van der Waals surface area contributed by atoms with E-state index in [0.717, 1.165) is 18.5 Å². The quantitative estimate of drug-likeness (QED) is 0.766. The lowest BCUT2D eigenvalue weighted by Crippen LogP contribution is -2.35. The van der Waals surface area contributed by atoms with E-state index in [-0.39, 0.29) is 24.2 Å². The first-order valence-electron chi connectivity index (χ1n) is 8.56. The first-order chi connectivity index (χ1) is 12.7. The summed E-state index contributed by atoms with van der Waals surface area (Å²) in [4.78, 5) is 16.6. The van der Waals surface area contributed by atoms with E-state index in [2.05, 4.69) is 27.6 Å². The summed E-state index contributed by atoms with van der Waals surface area (Å²) in [6.45, 7) is 2.11. The number of ether oxygens (including phenoxy) is 1. The first-order valence-corrected chi connectivity index (χ1v) is 8.56. The highest BCUT2D eigenvalue weighted by molar-refractivity contribution is 5.92. The van der Waals surface area contributed by atoms with Crippen LogP contribution >= 0.6 is 0 Å². The van der Waals surface area contributed by atoms with E-state index in [4.69, 9.17) is 9.26 Å². The molecule has 1 aliphatic rings. The number of aromatic nitrogens is 2. The van der Waals surface area contributed by atoms with Gasteiger partial charge in [0.05, 0.1) is 6.20 Å². The fourth-order valence-electron chi connectivity index (χ4n) is 3.10. The van der Waals surface area contributed by atoms with Crippen LogP contribution in [0.1, 0.15) is 33.1 Å². The van der Waals surface area contributed by atoms with Crippen molar-refractivity contribution < 1.29 is 14.1 Å². The first kappa shape index (κ1) is 16.3. The Bertz CT molecular complexity index is 893. The number of carbonyl (C=O) groups is 1. The van der Waals surface area contributed by atoms with Gasteiger partial charge in [-0.25, -0.2) is 0 Å². The van der Waals surface area contributed by atoms with Gasteiger partial charge < -0.3 is 14.6 Å². The fourth-order valence-corrected chi connectivity index (χ4v) is 3.10. The predicted octanol–water partition coefficient (Wildman–Crippen LogP) is 2.85. The van der Waals surface area contributed by atoms with Gasteiger partial charge in [0, 0.05) is 17.8 Å². The molecule has 26 heavy (non-hydrogen) atoms. The zero-order valence-corrected chi connectivity index (χ0v) is 14.4. The van der Waals surface area contributed by atoms with Crippen LogP contribution in [0.3, 0.4) is 0 Å².